The number of fused-ring (bicyclic) bond motifs is 2. The summed E-state index contributed by atoms with van der Waals surface area (Å²) >= 11 is -0.826. The Balaban J connectivity index is 0.000000613. The van der Waals surface area contributed by atoms with Crippen LogP contribution in [0.5, 0.6) is 0 Å². The number of unbranched alkanes of at least 4 members (excludes halogenated alkanes) is 1. The summed E-state index contributed by atoms with van der Waals surface area (Å²) in [5, 5.41) is 5.38. The number of rotatable bonds is 4. The van der Waals surface area contributed by atoms with Crippen molar-refractivity contribution in [1.82, 2.24) is 0 Å². The van der Waals surface area contributed by atoms with Gasteiger partial charge in [0.1, 0.15) is 0 Å². The van der Waals surface area contributed by atoms with Crippen LogP contribution in [0.25, 0.3) is 32.7 Å². The Morgan fingerprint density at radius 1 is 0.846 bits per heavy atom. The molecule has 0 saturated heterocycles. The molecule has 0 heterocycles. The van der Waals surface area contributed by atoms with E-state index in [0.717, 1.165) is 0 Å². The van der Waals surface area contributed by atoms with Crippen molar-refractivity contribution in [3.63, 3.8) is 0 Å². The molecule has 4 aromatic carbocycles. The Labute approximate surface area is 174 Å². The molecule has 0 unspecified atom stereocenters. The van der Waals surface area contributed by atoms with Gasteiger partial charge in [0.15, 0.2) is 0 Å². The normalized spacial score (nSPS) is 10.6. The van der Waals surface area contributed by atoms with Gasteiger partial charge in [0, 0.05) is 0 Å². The summed E-state index contributed by atoms with van der Waals surface area (Å²) in [6.07, 6.45) is 3.69. The second-order valence-corrected chi connectivity index (χ2v) is 10.1. The average molecular weight is 460 g/mol. The van der Waals surface area contributed by atoms with Crippen molar-refractivity contribution in [2.45, 2.75) is 26.2 Å². The quantitative estimate of drug-likeness (QED) is 0.271. The predicted molar refractivity (Wildman–Crippen MR) is 113 cm³/mol. The van der Waals surface area contributed by atoms with Gasteiger partial charge >= 0.3 is 37.9 Å². The van der Waals surface area contributed by atoms with E-state index in [1.807, 2.05) is 0 Å². The zero-order valence-corrected chi connectivity index (χ0v) is 18.8. The summed E-state index contributed by atoms with van der Waals surface area (Å²) < 4.78 is 0. The zero-order chi connectivity index (χ0) is 18.4. The Hall–Kier alpha value is -1.01. The molecule has 3 heteroatoms. The van der Waals surface area contributed by atoms with Gasteiger partial charge in [0.05, 0.1) is 0 Å². The summed E-state index contributed by atoms with van der Waals surface area (Å²) in [6.45, 7) is 2.25. The number of hydrogen-bond acceptors (Lipinski definition) is 0. The first-order valence-corrected chi connectivity index (χ1v) is 15.2. The molecule has 26 heavy (non-hydrogen) atoms. The summed E-state index contributed by atoms with van der Waals surface area (Å²) in [5.74, 6) is 0. The third-order valence-electron chi connectivity index (χ3n) is 4.71. The average Bonchev–Trinajstić information content (AvgIpc) is 3.09. The van der Waals surface area contributed by atoms with Gasteiger partial charge in [-0.25, -0.2) is 0 Å². The van der Waals surface area contributed by atoms with E-state index >= 15 is 0 Å². The molecular weight excluding hydrogens is 438 g/mol. The maximum absolute atomic E-state index is 4.93. The first kappa shape index (κ1) is 19.7. The van der Waals surface area contributed by atoms with E-state index < -0.39 is 20.8 Å². The summed E-state index contributed by atoms with van der Waals surface area (Å²) in [4.78, 5) is 0. The molecule has 0 spiro atoms. The minimum atomic E-state index is -0.826. The van der Waals surface area contributed by atoms with Gasteiger partial charge < -0.3 is 0 Å². The summed E-state index contributed by atoms with van der Waals surface area (Å²) in [5.41, 5.74) is 4.15. The Morgan fingerprint density at radius 2 is 1.50 bits per heavy atom. The van der Waals surface area contributed by atoms with Crippen LogP contribution in [-0.4, -0.2) is 0 Å². The Morgan fingerprint density at radius 3 is 2.27 bits per heavy atom. The molecule has 0 fully saturated rings. The molecule has 4 rings (SSSR count). The molecular formula is C23H21Cl2Zr-. The van der Waals surface area contributed by atoms with E-state index in [4.69, 9.17) is 17.0 Å². The van der Waals surface area contributed by atoms with Crippen LogP contribution in [-0.2, 0) is 27.3 Å². The summed E-state index contributed by atoms with van der Waals surface area (Å²) in [7, 11) is 9.87. The van der Waals surface area contributed by atoms with E-state index in [2.05, 4.69) is 79.7 Å². The van der Waals surface area contributed by atoms with Crippen LogP contribution in [0.2, 0.25) is 0 Å². The fraction of sp³-hybridized carbons (Fsp3) is 0.174. The molecule has 0 aromatic heterocycles. The van der Waals surface area contributed by atoms with Crippen molar-refractivity contribution in [2.24, 2.45) is 0 Å². The van der Waals surface area contributed by atoms with Crippen LogP contribution in [0.15, 0.2) is 72.8 Å². The van der Waals surface area contributed by atoms with Gasteiger partial charge in [0.25, 0.3) is 0 Å². The second-order valence-electron chi connectivity index (χ2n) is 6.37. The molecule has 0 amide bonds. The van der Waals surface area contributed by atoms with Crippen molar-refractivity contribution in [3.05, 3.63) is 78.4 Å². The molecule has 0 N–H and O–H groups in total. The number of hydrogen-bond donors (Lipinski definition) is 0. The number of halogens is 2. The van der Waals surface area contributed by atoms with E-state index in [1.54, 1.807) is 0 Å². The molecule has 0 aliphatic carbocycles. The van der Waals surface area contributed by atoms with E-state index in [9.17, 15) is 0 Å². The molecule has 0 aliphatic rings. The van der Waals surface area contributed by atoms with Crippen molar-refractivity contribution < 1.29 is 20.8 Å². The van der Waals surface area contributed by atoms with Crippen LogP contribution >= 0.6 is 17.0 Å². The monoisotopic (exact) mass is 457 g/mol. The molecule has 0 bridgehead atoms. The maximum atomic E-state index is 4.93. The van der Waals surface area contributed by atoms with Crippen LogP contribution in [0.4, 0.5) is 0 Å². The topological polar surface area (TPSA) is 0 Å². The predicted octanol–water partition coefficient (Wildman–Crippen LogP) is 8.10. The molecule has 4 aromatic rings. The number of aryl methyl sites for hydroxylation is 1. The second kappa shape index (κ2) is 9.79. The van der Waals surface area contributed by atoms with Crippen molar-refractivity contribution in [3.8, 4) is 11.1 Å². The van der Waals surface area contributed by atoms with Crippen LogP contribution in [0.1, 0.15) is 25.3 Å². The van der Waals surface area contributed by atoms with E-state index in [0.29, 0.717) is 0 Å². The molecule has 0 saturated carbocycles. The molecule has 0 nitrogen and oxygen atoms in total. The van der Waals surface area contributed by atoms with Crippen LogP contribution in [0.3, 0.4) is 0 Å². The van der Waals surface area contributed by atoms with Crippen molar-refractivity contribution in [1.29, 1.82) is 0 Å². The van der Waals surface area contributed by atoms with Crippen molar-refractivity contribution in [2.75, 3.05) is 0 Å². The zero-order valence-electron chi connectivity index (χ0n) is 14.8. The van der Waals surface area contributed by atoms with E-state index in [-0.39, 0.29) is 0 Å². The Bertz CT molecular complexity index is 983. The SMILES string of the molecule is CCCCc1cc2c(-c3cccc4ccccc34)cccc2[cH-]1.[Cl][Zr][Cl]. The standard InChI is InChI=1S/C23H21.2ClH.Zr/c1-2-3-8-17-15-19-11-7-14-22(23(19)16-17)21-13-6-10-18-9-4-5-12-20(18)21;;;/h4-7,9-16H,2-3,8H2,1H3;2*1H;/q-1;;;+2/p-2. The van der Waals surface area contributed by atoms with Gasteiger partial charge in [0.2, 0.25) is 0 Å². The first-order chi connectivity index (χ1) is 12.8. The van der Waals surface area contributed by atoms with Crippen LogP contribution in [0, 0.1) is 0 Å². The fourth-order valence-electron chi connectivity index (χ4n) is 3.52. The molecule has 132 valence electrons. The van der Waals surface area contributed by atoms with Crippen molar-refractivity contribution >= 4 is 38.6 Å². The molecule has 0 aliphatic heterocycles. The summed E-state index contributed by atoms with van der Waals surface area (Å²) in [6, 6.07) is 26.7. The van der Waals surface area contributed by atoms with Gasteiger partial charge in [-0.1, -0.05) is 73.9 Å². The molecule has 0 atom stereocenters. The van der Waals surface area contributed by atoms with Gasteiger partial charge in [-0.2, -0.15) is 6.07 Å². The van der Waals surface area contributed by atoms with E-state index in [1.165, 1.54) is 57.5 Å². The first-order valence-electron chi connectivity index (χ1n) is 8.91. The minimum absolute atomic E-state index is 0.826. The third-order valence-corrected chi connectivity index (χ3v) is 4.71. The van der Waals surface area contributed by atoms with Crippen LogP contribution < -0.4 is 0 Å². The number of benzene rings is 3. The third kappa shape index (κ3) is 4.45. The molecule has 0 radical (unpaired) electrons. The van der Waals surface area contributed by atoms with Gasteiger partial charge in [-0.05, 0) is 22.8 Å². The van der Waals surface area contributed by atoms with Gasteiger partial charge in [-0.15, -0.1) is 34.5 Å². The fourth-order valence-corrected chi connectivity index (χ4v) is 3.52. The van der Waals surface area contributed by atoms with Gasteiger partial charge in [-0.3, -0.25) is 0 Å². The Kier molecular flexibility index (Phi) is 7.44.